The van der Waals surface area contributed by atoms with Gasteiger partial charge in [0.1, 0.15) is 12.4 Å². The van der Waals surface area contributed by atoms with Crippen LogP contribution in [0.5, 0.6) is 5.75 Å². The lowest BCUT2D eigenvalue weighted by molar-refractivity contribution is -0.131. The van der Waals surface area contributed by atoms with Crippen molar-refractivity contribution in [2.24, 2.45) is 5.73 Å². The van der Waals surface area contributed by atoms with Gasteiger partial charge in [-0.2, -0.15) is 0 Å². The van der Waals surface area contributed by atoms with Gasteiger partial charge in [0.15, 0.2) is 0 Å². The zero-order chi connectivity index (χ0) is 19.3. The summed E-state index contributed by atoms with van der Waals surface area (Å²) in [5, 5.41) is 0. The zero-order valence-electron chi connectivity index (χ0n) is 15.7. The van der Waals surface area contributed by atoms with E-state index in [0.29, 0.717) is 32.7 Å². The lowest BCUT2D eigenvalue weighted by Crippen LogP contribution is -2.39. The monoisotopic (exact) mass is 376 g/mol. The number of carbonyl (C=O) groups is 1. The largest absolute Gasteiger partial charge is 0.492 e. The molecule has 1 aliphatic rings. The fourth-order valence-corrected chi connectivity index (χ4v) is 3.67. The van der Waals surface area contributed by atoms with Gasteiger partial charge in [-0.25, -0.2) is 4.98 Å². The standard InChI is InChI=1S/C22H24N4O2/c23-9-10-28-18-8-4-5-16(11-18)12-21(27)26-13-19(17-6-2-1-3-7-17)22-20(14-26)24-15-25-22/h1-8,11,15,19H,9-10,12-14,23H2,(H,24,25). The second kappa shape index (κ2) is 8.27. The highest BCUT2D eigenvalue weighted by molar-refractivity contribution is 5.79. The van der Waals surface area contributed by atoms with E-state index in [9.17, 15) is 4.79 Å². The third-order valence-electron chi connectivity index (χ3n) is 5.03. The molecule has 0 aliphatic carbocycles. The summed E-state index contributed by atoms with van der Waals surface area (Å²) in [4.78, 5) is 22.7. The second-order valence-corrected chi connectivity index (χ2v) is 6.97. The van der Waals surface area contributed by atoms with Gasteiger partial charge in [-0.3, -0.25) is 4.79 Å². The Kier molecular flexibility index (Phi) is 5.39. The summed E-state index contributed by atoms with van der Waals surface area (Å²) in [6.07, 6.45) is 2.05. The fraction of sp³-hybridized carbons (Fsp3) is 0.273. The predicted octanol–water partition coefficient (Wildman–Crippen LogP) is 2.46. The van der Waals surface area contributed by atoms with Crippen LogP contribution in [0.2, 0.25) is 0 Å². The van der Waals surface area contributed by atoms with Crippen molar-refractivity contribution < 1.29 is 9.53 Å². The molecule has 2 heterocycles. The van der Waals surface area contributed by atoms with Gasteiger partial charge in [0, 0.05) is 19.0 Å². The molecule has 3 N–H and O–H groups in total. The lowest BCUT2D eigenvalue weighted by atomic mass is 9.90. The van der Waals surface area contributed by atoms with E-state index in [-0.39, 0.29) is 11.8 Å². The molecule has 0 saturated carbocycles. The number of rotatable bonds is 6. The molecule has 0 bridgehead atoms. The average molecular weight is 376 g/mol. The summed E-state index contributed by atoms with van der Waals surface area (Å²) in [6, 6.07) is 17.9. The number of hydrogen-bond donors (Lipinski definition) is 2. The zero-order valence-corrected chi connectivity index (χ0v) is 15.7. The first-order valence-electron chi connectivity index (χ1n) is 9.51. The van der Waals surface area contributed by atoms with E-state index in [2.05, 4.69) is 22.1 Å². The number of aromatic nitrogens is 2. The maximum atomic E-state index is 13.0. The topological polar surface area (TPSA) is 84.2 Å². The Bertz CT molecular complexity index is 938. The Labute approximate surface area is 164 Å². The molecule has 1 atom stereocenters. The molecule has 1 aromatic heterocycles. The molecule has 0 spiro atoms. The van der Waals surface area contributed by atoms with E-state index < -0.39 is 0 Å². The van der Waals surface area contributed by atoms with Crippen LogP contribution in [-0.2, 0) is 17.8 Å². The van der Waals surface area contributed by atoms with Gasteiger partial charge in [0.2, 0.25) is 5.91 Å². The Morgan fingerprint density at radius 3 is 2.89 bits per heavy atom. The maximum Gasteiger partial charge on any atom is 0.227 e. The average Bonchev–Trinajstić information content (AvgIpc) is 3.21. The fourth-order valence-electron chi connectivity index (χ4n) is 3.67. The Balaban J connectivity index is 1.51. The smallest absolute Gasteiger partial charge is 0.227 e. The number of H-pyrrole nitrogens is 1. The number of benzene rings is 2. The molecule has 0 radical (unpaired) electrons. The van der Waals surface area contributed by atoms with Crippen LogP contribution in [0.25, 0.3) is 0 Å². The first-order valence-corrected chi connectivity index (χ1v) is 9.51. The SMILES string of the molecule is NCCOc1cccc(CC(=O)N2Cc3[nH]cnc3C(c3ccccc3)C2)c1. The van der Waals surface area contributed by atoms with Crippen molar-refractivity contribution >= 4 is 5.91 Å². The van der Waals surface area contributed by atoms with E-state index >= 15 is 0 Å². The van der Waals surface area contributed by atoms with Crippen LogP contribution in [0.3, 0.4) is 0 Å². The van der Waals surface area contributed by atoms with Crippen LogP contribution in [0.15, 0.2) is 60.9 Å². The van der Waals surface area contributed by atoms with Gasteiger partial charge in [0.05, 0.1) is 30.7 Å². The molecule has 6 heteroatoms. The molecule has 0 fully saturated rings. The Hall–Kier alpha value is -3.12. The highest BCUT2D eigenvalue weighted by atomic mass is 16.5. The molecule has 2 aromatic carbocycles. The van der Waals surface area contributed by atoms with Crippen molar-refractivity contribution in [1.29, 1.82) is 0 Å². The van der Waals surface area contributed by atoms with E-state index in [0.717, 1.165) is 22.7 Å². The summed E-state index contributed by atoms with van der Waals surface area (Å²) in [7, 11) is 0. The molecule has 1 unspecified atom stereocenters. The van der Waals surface area contributed by atoms with E-state index in [4.69, 9.17) is 10.5 Å². The second-order valence-electron chi connectivity index (χ2n) is 6.97. The minimum absolute atomic E-state index is 0.0828. The molecular formula is C22H24N4O2. The van der Waals surface area contributed by atoms with Crippen LogP contribution in [0.1, 0.15) is 28.4 Å². The normalized spacial score (nSPS) is 15.9. The number of hydrogen-bond acceptors (Lipinski definition) is 4. The van der Waals surface area contributed by atoms with Gasteiger partial charge < -0.3 is 20.4 Å². The van der Waals surface area contributed by atoms with Gasteiger partial charge >= 0.3 is 0 Å². The molecule has 6 nitrogen and oxygen atoms in total. The van der Waals surface area contributed by atoms with Gasteiger partial charge in [-0.15, -0.1) is 0 Å². The van der Waals surface area contributed by atoms with Crippen molar-refractivity contribution in [2.75, 3.05) is 19.7 Å². The number of imidazole rings is 1. The van der Waals surface area contributed by atoms with Crippen LogP contribution < -0.4 is 10.5 Å². The van der Waals surface area contributed by atoms with Crippen LogP contribution in [0, 0.1) is 0 Å². The number of nitrogens with two attached hydrogens (primary N) is 1. The van der Waals surface area contributed by atoms with Gasteiger partial charge in [-0.1, -0.05) is 42.5 Å². The van der Waals surface area contributed by atoms with E-state index in [1.807, 2.05) is 47.4 Å². The molecule has 3 aromatic rings. The van der Waals surface area contributed by atoms with Crippen molar-refractivity contribution in [3.63, 3.8) is 0 Å². The number of nitrogens with one attached hydrogen (secondary N) is 1. The van der Waals surface area contributed by atoms with Gasteiger partial charge in [-0.05, 0) is 23.3 Å². The highest BCUT2D eigenvalue weighted by Gasteiger charge is 2.31. The predicted molar refractivity (Wildman–Crippen MR) is 107 cm³/mol. The van der Waals surface area contributed by atoms with Crippen molar-refractivity contribution in [3.8, 4) is 5.75 Å². The maximum absolute atomic E-state index is 13.0. The summed E-state index contributed by atoms with van der Waals surface area (Å²) in [5.74, 6) is 0.920. The van der Waals surface area contributed by atoms with Crippen LogP contribution in [-0.4, -0.2) is 40.5 Å². The Morgan fingerprint density at radius 2 is 2.07 bits per heavy atom. The quantitative estimate of drug-likeness (QED) is 0.692. The van der Waals surface area contributed by atoms with Crippen molar-refractivity contribution in [3.05, 3.63) is 83.4 Å². The minimum Gasteiger partial charge on any atom is -0.492 e. The third kappa shape index (κ3) is 3.92. The summed E-state index contributed by atoms with van der Waals surface area (Å²) in [5.41, 5.74) is 9.64. The summed E-state index contributed by atoms with van der Waals surface area (Å²) < 4.78 is 5.57. The van der Waals surface area contributed by atoms with Gasteiger partial charge in [0.25, 0.3) is 0 Å². The van der Waals surface area contributed by atoms with E-state index in [1.54, 1.807) is 6.33 Å². The first kappa shape index (κ1) is 18.3. The molecule has 1 amide bonds. The Morgan fingerprint density at radius 1 is 1.21 bits per heavy atom. The number of amides is 1. The number of fused-ring (bicyclic) bond motifs is 1. The number of nitrogens with zero attached hydrogens (tertiary/aromatic N) is 2. The van der Waals surface area contributed by atoms with Crippen LogP contribution in [0.4, 0.5) is 0 Å². The lowest BCUT2D eigenvalue weighted by Gasteiger charge is -2.32. The van der Waals surface area contributed by atoms with Crippen molar-refractivity contribution in [1.82, 2.24) is 14.9 Å². The number of carbonyl (C=O) groups excluding carboxylic acids is 1. The first-order chi connectivity index (χ1) is 13.7. The summed E-state index contributed by atoms with van der Waals surface area (Å²) in [6.45, 7) is 2.11. The van der Waals surface area contributed by atoms with Crippen LogP contribution >= 0.6 is 0 Å². The van der Waals surface area contributed by atoms with Crippen molar-refractivity contribution in [2.45, 2.75) is 18.9 Å². The molecule has 1 aliphatic heterocycles. The third-order valence-corrected chi connectivity index (χ3v) is 5.03. The number of aromatic amines is 1. The summed E-state index contributed by atoms with van der Waals surface area (Å²) >= 11 is 0. The minimum atomic E-state index is 0.0828. The van der Waals surface area contributed by atoms with E-state index in [1.165, 1.54) is 5.56 Å². The molecule has 0 saturated heterocycles. The molecular weight excluding hydrogens is 352 g/mol. The highest BCUT2D eigenvalue weighted by Crippen LogP contribution is 2.31. The molecule has 28 heavy (non-hydrogen) atoms. The molecule has 4 rings (SSSR count). The number of ether oxygens (including phenoxy) is 1. The molecule has 144 valence electrons.